The first kappa shape index (κ1) is 9.99. The number of fused-ring (bicyclic) bond motifs is 1. The molecule has 1 unspecified atom stereocenters. The molecule has 0 saturated carbocycles. The molecule has 0 aromatic heterocycles. The number of benzene rings is 1. The molecule has 1 aliphatic rings. The molecule has 1 aromatic carbocycles. The van der Waals surface area contributed by atoms with Crippen molar-refractivity contribution in [2.45, 2.75) is 23.8 Å². The highest BCUT2D eigenvalue weighted by Crippen LogP contribution is 2.34. The first-order valence-electron chi connectivity index (χ1n) is 4.91. The Hall–Kier alpha value is -0.540. The maximum Gasteiger partial charge on any atom is 0.124 e. The molecule has 0 radical (unpaired) electrons. The van der Waals surface area contributed by atoms with E-state index in [1.165, 1.54) is 12.0 Å². The van der Waals surface area contributed by atoms with Crippen LogP contribution in [0.3, 0.4) is 0 Å². The van der Waals surface area contributed by atoms with Crippen molar-refractivity contribution in [3.05, 3.63) is 29.6 Å². The topological polar surface area (TPSA) is 12.0 Å². The molecule has 2 rings (SSSR count). The van der Waals surface area contributed by atoms with E-state index < -0.39 is 0 Å². The number of nitrogens with one attached hydrogen (secondary N) is 1. The zero-order valence-electron chi connectivity index (χ0n) is 8.22. The summed E-state index contributed by atoms with van der Waals surface area (Å²) >= 11 is 1.76. The summed E-state index contributed by atoms with van der Waals surface area (Å²) < 4.78 is 13.0. The molecule has 0 aliphatic carbocycles. The van der Waals surface area contributed by atoms with Crippen LogP contribution in [0.15, 0.2) is 23.1 Å². The van der Waals surface area contributed by atoms with E-state index in [0.717, 1.165) is 17.1 Å². The molecule has 0 saturated heterocycles. The van der Waals surface area contributed by atoms with Gasteiger partial charge >= 0.3 is 0 Å². The number of halogens is 1. The van der Waals surface area contributed by atoms with E-state index in [0.29, 0.717) is 6.04 Å². The van der Waals surface area contributed by atoms with Crippen LogP contribution in [0.5, 0.6) is 0 Å². The lowest BCUT2D eigenvalue weighted by Gasteiger charge is -2.15. The molecule has 14 heavy (non-hydrogen) atoms. The monoisotopic (exact) mass is 211 g/mol. The lowest BCUT2D eigenvalue weighted by Crippen LogP contribution is -2.16. The van der Waals surface area contributed by atoms with Gasteiger partial charge in [0.05, 0.1) is 0 Å². The Morgan fingerprint density at radius 3 is 3.14 bits per heavy atom. The fraction of sp³-hybridized carbons (Fsp3) is 0.455. The van der Waals surface area contributed by atoms with E-state index in [9.17, 15) is 4.39 Å². The van der Waals surface area contributed by atoms with Gasteiger partial charge < -0.3 is 5.32 Å². The summed E-state index contributed by atoms with van der Waals surface area (Å²) in [6.07, 6.45) is 2.33. The second kappa shape index (κ2) is 4.32. The van der Waals surface area contributed by atoms with E-state index in [2.05, 4.69) is 5.32 Å². The number of rotatable bonds is 1. The van der Waals surface area contributed by atoms with Gasteiger partial charge in [0, 0.05) is 10.9 Å². The van der Waals surface area contributed by atoms with Crippen molar-refractivity contribution >= 4 is 11.8 Å². The molecule has 76 valence electrons. The van der Waals surface area contributed by atoms with Gasteiger partial charge in [0.25, 0.3) is 0 Å². The lowest BCUT2D eigenvalue weighted by molar-refractivity contribution is 0.538. The molecule has 0 amide bonds. The predicted octanol–water partition coefficient (Wildman–Crippen LogP) is 2.97. The molecule has 0 spiro atoms. The summed E-state index contributed by atoms with van der Waals surface area (Å²) in [5.74, 6) is 0.960. The van der Waals surface area contributed by atoms with Gasteiger partial charge in [0.1, 0.15) is 5.82 Å². The third-order valence-electron chi connectivity index (χ3n) is 2.59. The molecule has 1 N–H and O–H groups in total. The van der Waals surface area contributed by atoms with Crippen LogP contribution in [0.1, 0.15) is 24.4 Å². The van der Waals surface area contributed by atoms with E-state index in [-0.39, 0.29) is 5.82 Å². The molecule has 0 bridgehead atoms. The minimum atomic E-state index is -0.131. The molecular formula is C11H14FNS. The van der Waals surface area contributed by atoms with Crippen molar-refractivity contribution in [1.82, 2.24) is 5.32 Å². The second-order valence-corrected chi connectivity index (χ2v) is 4.65. The molecule has 1 aromatic rings. The first-order valence-corrected chi connectivity index (χ1v) is 5.89. The maximum absolute atomic E-state index is 13.0. The van der Waals surface area contributed by atoms with Crippen LogP contribution in [0.4, 0.5) is 4.39 Å². The highest BCUT2D eigenvalue weighted by atomic mass is 32.2. The van der Waals surface area contributed by atoms with Crippen LogP contribution in [-0.4, -0.2) is 12.8 Å². The summed E-state index contributed by atoms with van der Waals surface area (Å²) in [6, 6.07) is 5.50. The van der Waals surface area contributed by atoms with Crippen LogP contribution >= 0.6 is 11.8 Å². The molecule has 0 fully saturated rings. The normalized spacial score (nSPS) is 21.4. The van der Waals surface area contributed by atoms with Crippen molar-refractivity contribution in [1.29, 1.82) is 0 Å². The Labute approximate surface area is 88.1 Å². The summed E-state index contributed by atoms with van der Waals surface area (Å²) in [4.78, 5) is 1.10. The fourth-order valence-corrected chi connectivity index (χ4v) is 2.95. The van der Waals surface area contributed by atoms with Crippen LogP contribution in [0.25, 0.3) is 0 Å². The lowest BCUT2D eigenvalue weighted by atomic mass is 10.0. The van der Waals surface area contributed by atoms with E-state index in [1.807, 2.05) is 13.1 Å². The fourth-order valence-electron chi connectivity index (χ4n) is 1.85. The summed E-state index contributed by atoms with van der Waals surface area (Å²) in [5.41, 5.74) is 1.25. The van der Waals surface area contributed by atoms with Crippen molar-refractivity contribution in [2.75, 3.05) is 12.8 Å². The highest BCUT2D eigenvalue weighted by molar-refractivity contribution is 7.99. The van der Waals surface area contributed by atoms with Gasteiger partial charge in [-0.25, -0.2) is 4.39 Å². The molecule has 1 nitrogen and oxygen atoms in total. The number of thioether (sulfide) groups is 1. The van der Waals surface area contributed by atoms with Gasteiger partial charge in [-0.15, -0.1) is 11.8 Å². The van der Waals surface area contributed by atoms with Crippen LogP contribution < -0.4 is 5.32 Å². The summed E-state index contributed by atoms with van der Waals surface area (Å²) in [5, 5.41) is 3.28. The standard InChI is InChI=1S/C11H14FNS/c1-13-10-3-2-6-14-11-7-8(12)4-5-9(10)11/h4-5,7,10,13H,2-3,6H2,1H3. The van der Waals surface area contributed by atoms with Gasteiger partial charge in [-0.3, -0.25) is 0 Å². The first-order chi connectivity index (χ1) is 6.81. The van der Waals surface area contributed by atoms with Gasteiger partial charge in [0.2, 0.25) is 0 Å². The maximum atomic E-state index is 13.0. The molecule has 3 heteroatoms. The average molecular weight is 211 g/mol. The zero-order chi connectivity index (χ0) is 9.97. The van der Waals surface area contributed by atoms with Gasteiger partial charge in [0.15, 0.2) is 0 Å². The number of hydrogen-bond donors (Lipinski definition) is 1. The van der Waals surface area contributed by atoms with Crippen LogP contribution in [0.2, 0.25) is 0 Å². The van der Waals surface area contributed by atoms with Crippen molar-refractivity contribution in [3.8, 4) is 0 Å². The van der Waals surface area contributed by atoms with Crippen molar-refractivity contribution in [2.24, 2.45) is 0 Å². The second-order valence-electron chi connectivity index (χ2n) is 3.51. The van der Waals surface area contributed by atoms with E-state index >= 15 is 0 Å². The Morgan fingerprint density at radius 1 is 1.50 bits per heavy atom. The molecule has 1 heterocycles. The highest BCUT2D eigenvalue weighted by Gasteiger charge is 2.17. The predicted molar refractivity (Wildman–Crippen MR) is 58.2 cm³/mol. The Kier molecular flexibility index (Phi) is 3.08. The van der Waals surface area contributed by atoms with Gasteiger partial charge in [-0.2, -0.15) is 0 Å². The molecule has 1 aliphatic heterocycles. The average Bonchev–Trinajstić information content (AvgIpc) is 2.38. The third-order valence-corrected chi connectivity index (χ3v) is 3.75. The van der Waals surface area contributed by atoms with Gasteiger partial charge in [-0.1, -0.05) is 6.07 Å². The Morgan fingerprint density at radius 2 is 2.36 bits per heavy atom. The molecular weight excluding hydrogens is 197 g/mol. The van der Waals surface area contributed by atoms with Crippen molar-refractivity contribution < 1.29 is 4.39 Å². The van der Waals surface area contributed by atoms with Crippen LogP contribution in [-0.2, 0) is 0 Å². The van der Waals surface area contributed by atoms with Gasteiger partial charge in [-0.05, 0) is 43.3 Å². The van der Waals surface area contributed by atoms with Crippen molar-refractivity contribution in [3.63, 3.8) is 0 Å². The SMILES string of the molecule is CNC1CCCSc2cc(F)ccc21. The van der Waals surface area contributed by atoms with Crippen LogP contribution in [0, 0.1) is 5.82 Å². The number of hydrogen-bond acceptors (Lipinski definition) is 2. The minimum absolute atomic E-state index is 0.131. The Bertz CT molecular complexity index is 327. The van der Waals surface area contributed by atoms with E-state index in [1.54, 1.807) is 23.9 Å². The zero-order valence-corrected chi connectivity index (χ0v) is 9.03. The minimum Gasteiger partial charge on any atom is -0.313 e. The van der Waals surface area contributed by atoms with E-state index in [4.69, 9.17) is 0 Å². The third kappa shape index (κ3) is 1.93. The quantitative estimate of drug-likeness (QED) is 0.766. The summed E-state index contributed by atoms with van der Waals surface area (Å²) in [6.45, 7) is 0. The Balaban J connectivity index is 2.39. The smallest absolute Gasteiger partial charge is 0.124 e. The molecule has 1 atom stereocenters. The summed E-state index contributed by atoms with van der Waals surface area (Å²) in [7, 11) is 1.97. The largest absolute Gasteiger partial charge is 0.313 e.